The Labute approximate surface area is 106 Å². The molecule has 2 amide bonds. The second-order valence-corrected chi connectivity index (χ2v) is 4.66. The highest BCUT2D eigenvalue weighted by Gasteiger charge is 2.26. The molecule has 1 saturated heterocycles. The van der Waals surface area contributed by atoms with Crippen molar-refractivity contribution < 1.29 is 14.3 Å². The highest BCUT2D eigenvalue weighted by atomic mass is 16.5. The molecule has 1 heterocycles. The second-order valence-electron chi connectivity index (χ2n) is 4.66. The van der Waals surface area contributed by atoms with E-state index in [1.54, 1.807) is 7.11 Å². The topological polar surface area (TPSA) is 55.4 Å². The summed E-state index contributed by atoms with van der Waals surface area (Å²) in [7, 11) is 1.64. The summed E-state index contributed by atoms with van der Waals surface area (Å²) in [6.45, 7) is 1.98. The van der Waals surface area contributed by atoms with E-state index in [-0.39, 0.29) is 17.7 Å². The summed E-state index contributed by atoms with van der Waals surface area (Å²) in [4.78, 5) is 22.7. The molecule has 96 valence electrons. The average molecular weight is 247 g/mol. The molecule has 1 unspecified atom stereocenters. The van der Waals surface area contributed by atoms with Crippen LogP contribution in [0.5, 0.6) is 5.75 Å². The smallest absolute Gasteiger partial charge is 0.230 e. The lowest BCUT2D eigenvalue weighted by Crippen LogP contribution is -2.41. The molecule has 0 aliphatic carbocycles. The van der Waals surface area contributed by atoms with E-state index >= 15 is 0 Å². The lowest BCUT2D eigenvalue weighted by atomic mass is 9.91. The van der Waals surface area contributed by atoms with E-state index in [9.17, 15) is 9.59 Å². The van der Waals surface area contributed by atoms with Crippen LogP contribution in [0.3, 0.4) is 0 Å². The van der Waals surface area contributed by atoms with Crippen molar-refractivity contribution in [3.63, 3.8) is 0 Å². The summed E-state index contributed by atoms with van der Waals surface area (Å²) in [6.07, 6.45) is 1.74. The van der Waals surface area contributed by atoms with Crippen LogP contribution in [0.4, 0.5) is 0 Å². The molecule has 18 heavy (non-hydrogen) atoms. The van der Waals surface area contributed by atoms with Crippen molar-refractivity contribution in [3.05, 3.63) is 29.3 Å². The number of ether oxygens (including phenoxy) is 1. The molecule has 0 spiro atoms. The minimum Gasteiger partial charge on any atom is -0.496 e. The van der Waals surface area contributed by atoms with Crippen molar-refractivity contribution in [3.8, 4) is 5.75 Å². The van der Waals surface area contributed by atoms with Crippen LogP contribution in [0, 0.1) is 12.8 Å². The number of imide groups is 1. The van der Waals surface area contributed by atoms with Crippen LogP contribution >= 0.6 is 0 Å². The van der Waals surface area contributed by atoms with Crippen LogP contribution in [0.2, 0.25) is 0 Å². The Kier molecular flexibility index (Phi) is 3.65. The average Bonchev–Trinajstić information content (AvgIpc) is 2.33. The van der Waals surface area contributed by atoms with Crippen LogP contribution in [-0.4, -0.2) is 18.9 Å². The van der Waals surface area contributed by atoms with Gasteiger partial charge in [0.1, 0.15) is 5.75 Å². The Morgan fingerprint density at radius 3 is 2.78 bits per heavy atom. The van der Waals surface area contributed by atoms with Crippen molar-refractivity contribution in [1.82, 2.24) is 5.32 Å². The number of nitrogens with one attached hydrogen (secondary N) is 1. The summed E-state index contributed by atoms with van der Waals surface area (Å²) in [5, 5.41) is 2.38. The van der Waals surface area contributed by atoms with Gasteiger partial charge in [0.15, 0.2) is 0 Å². The number of benzene rings is 1. The molecule has 1 aromatic rings. The number of rotatable bonds is 3. The summed E-state index contributed by atoms with van der Waals surface area (Å²) in [5.74, 6) is 0.430. The van der Waals surface area contributed by atoms with Gasteiger partial charge < -0.3 is 4.74 Å². The van der Waals surface area contributed by atoms with Gasteiger partial charge in [-0.05, 0) is 37.0 Å². The summed E-state index contributed by atoms with van der Waals surface area (Å²) in [5.41, 5.74) is 2.16. The van der Waals surface area contributed by atoms with Gasteiger partial charge in [-0.3, -0.25) is 14.9 Å². The number of carbonyl (C=O) groups is 2. The molecule has 0 saturated carbocycles. The summed E-state index contributed by atoms with van der Waals surface area (Å²) < 4.78 is 5.20. The maximum Gasteiger partial charge on any atom is 0.230 e. The number of aryl methyl sites for hydroxylation is 1. The molecule has 0 bridgehead atoms. The molecule has 1 aliphatic heterocycles. The number of piperidine rings is 1. The van der Waals surface area contributed by atoms with Gasteiger partial charge in [0.05, 0.1) is 7.11 Å². The van der Waals surface area contributed by atoms with E-state index in [1.807, 2.05) is 25.1 Å². The highest BCUT2D eigenvalue weighted by molar-refractivity contribution is 5.98. The minimum atomic E-state index is -0.165. The third kappa shape index (κ3) is 2.70. The van der Waals surface area contributed by atoms with Crippen LogP contribution < -0.4 is 10.1 Å². The van der Waals surface area contributed by atoms with Crippen molar-refractivity contribution in [2.45, 2.75) is 26.2 Å². The maximum absolute atomic E-state index is 11.7. The quantitative estimate of drug-likeness (QED) is 0.825. The predicted octanol–water partition coefficient (Wildman–Crippen LogP) is 1.60. The van der Waals surface area contributed by atoms with Gasteiger partial charge in [-0.1, -0.05) is 12.1 Å². The van der Waals surface area contributed by atoms with E-state index < -0.39 is 0 Å². The predicted molar refractivity (Wildman–Crippen MR) is 67.3 cm³/mol. The molecule has 1 aliphatic rings. The van der Waals surface area contributed by atoms with Crippen LogP contribution in [0.25, 0.3) is 0 Å². The molecule has 1 fully saturated rings. The first kappa shape index (κ1) is 12.6. The van der Waals surface area contributed by atoms with Crippen molar-refractivity contribution in [2.24, 2.45) is 5.92 Å². The lowest BCUT2D eigenvalue weighted by Gasteiger charge is -2.21. The Hall–Kier alpha value is -1.84. The van der Waals surface area contributed by atoms with E-state index in [1.165, 1.54) is 0 Å². The molecule has 1 atom stereocenters. The van der Waals surface area contributed by atoms with Gasteiger partial charge in [-0.25, -0.2) is 0 Å². The number of hydrogen-bond acceptors (Lipinski definition) is 3. The Bertz CT molecular complexity index is 482. The zero-order chi connectivity index (χ0) is 13.1. The molecule has 4 nitrogen and oxygen atoms in total. The van der Waals surface area contributed by atoms with Gasteiger partial charge in [0, 0.05) is 12.3 Å². The van der Waals surface area contributed by atoms with Gasteiger partial charge >= 0.3 is 0 Å². The molecule has 1 aromatic carbocycles. The fourth-order valence-electron chi connectivity index (χ4n) is 2.29. The minimum absolute atomic E-state index is 0.101. The van der Waals surface area contributed by atoms with Crippen LogP contribution in [-0.2, 0) is 16.0 Å². The van der Waals surface area contributed by atoms with Gasteiger partial charge in [-0.15, -0.1) is 0 Å². The normalized spacial score (nSPS) is 19.6. The number of carbonyl (C=O) groups excluding carboxylic acids is 2. The molecule has 0 radical (unpaired) electrons. The van der Waals surface area contributed by atoms with E-state index in [4.69, 9.17) is 4.74 Å². The van der Waals surface area contributed by atoms with Crippen molar-refractivity contribution in [2.75, 3.05) is 7.11 Å². The SMILES string of the molecule is COc1ccc(CC2CCC(=O)NC2=O)cc1C. The van der Waals surface area contributed by atoms with E-state index in [2.05, 4.69) is 5.32 Å². The fraction of sp³-hybridized carbons (Fsp3) is 0.429. The number of amides is 2. The van der Waals surface area contributed by atoms with E-state index in [0.717, 1.165) is 16.9 Å². The van der Waals surface area contributed by atoms with Gasteiger partial charge in [0.2, 0.25) is 11.8 Å². The zero-order valence-corrected chi connectivity index (χ0v) is 10.7. The summed E-state index contributed by atoms with van der Waals surface area (Å²) >= 11 is 0. The van der Waals surface area contributed by atoms with Gasteiger partial charge in [-0.2, -0.15) is 0 Å². The first-order valence-electron chi connectivity index (χ1n) is 6.07. The maximum atomic E-state index is 11.7. The molecular weight excluding hydrogens is 230 g/mol. The second kappa shape index (κ2) is 5.21. The van der Waals surface area contributed by atoms with Crippen molar-refractivity contribution in [1.29, 1.82) is 0 Å². The van der Waals surface area contributed by atoms with E-state index in [0.29, 0.717) is 19.3 Å². The standard InChI is InChI=1S/C14H17NO3/c1-9-7-10(3-5-12(9)18-2)8-11-4-6-13(16)15-14(11)17/h3,5,7,11H,4,6,8H2,1-2H3,(H,15,16,17). The number of hydrogen-bond donors (Lipinski definition) is 1. The number of methoxy groups -OCH3 is 1. The molecule has 0 aromatic heterocycles. The third-order valence-corrected chi connectivity index (χ3v) is 3.29. The van der Waals surface area contributed by atoms with Crippen molar-refractivity contribution >= 4 is 11.8 Å². The highest BCUT2D eigenvalue weighted by Crippen LogP contribution is 2.23. The van der Waals surface area contributed by atoms with Gasteiger partial charge in [0.25, 0.3) is 0 Å². The molecule has 4 heteroatoms. The molecule has 1 N–H and O–H groups in total. The fourth-order valence-corrected chi connectivity index (χ4v) is 2.29. The first-order valence-corrected chi connectivity index (χ1v) is 6.07. The zero-order valence-electron chi connectivity index (χ0n) is 10.7. The Morgan fingerprint density at radius 1 is 1.39 bits per heavy atom. The largest absolute Gasteiger partial charge is 0.496 e. The van der Waals surface area contributed by atoms with Crippen LogP contribution in [0.15, 0.2) is 18.2 Å². The Morgan fingerprint density at radius 2 is 2.17 bits per heavy atom. The first-order chi connectivity index (χ1) is 8.60. The lowest BCUT2D eigenvalue weighted by molar-refractivity contribution is -0.136. The summed E-state index contributed by atoms with van der Waals surface area (Å²) in [6, 6.07) is 5.91. The van der Waals surface area contributed by atoms with Crippen LogP contribution in [0.1, 0.15) is 24.0 Å². The molecular formula is C14H17NO3. The monoisotopic (exact) mass is 247 g/mol. The Balaban J connectivity index is 2.07. The molecule has 2 rings (SSSR count). The third-order valence-electron chi connectivity index (χ3n) is 3.29.